The predicted octanol–water partition coefficient (Wildman–Crippen LogP) is 0.576. The Hall–Kier alpha value is -2.49. The van der Waals surface area contributed by atoms with Crippen molar-refractivity contribution in [3.63, 3.8) is 0 Å². The molecule has 0 aliphatic heterocycles. The Labute approximate surface area is 170 Å². The molecule has 29 heavy (non-hydrogen) atoms. The third-order valence-corrected chi connectivity index (χ3v) is 3.73. The van der Waals surface area contributed by atoms with E-state index in [1.807, 2.05) is 0 Å². The SMILES string of the molecule is C=C(C)C(=O)OCC(OC(=O)C(=C)C)C(CCC(O)C(O)CO)OC(=O)C(=C)C. The molecule has 9 nitrogen and oxygen atoms in total. The summed E-state index contributed by atoms with van der Waals surface area (Å²) in [5, 5.41) is 28.3. The molecule has 0 saturated carbocycles. The van der Waals surface area contributed by atoms with Crippen molar-refractivity contribution in [2.24, 2.45) is 0 Å². The number of esters is 3. The van der Waals surface area contributed by atoms with Gasteiger partial charge in [-0.05, 0) is 33.6 Å². The molecule has 0 amide bonds. The van der Waals surface area contributed by atoms with Crippen LogP contribution in [0.2, 0.25) is 0 Å². The minimum absolute atomic E-state index is 0.0712. The number of carbonyl (C=O) groups is 3. The van der Waals surface area contributed by atoms with Gasteiger partial charge in [0.2, 0.25) is 0 Å². The summed E-state index contributed by atoms with van der Waals surface area (Å²) in [6, 6.07) is 0. The van der Waals surface area contributed by atoms with Gasteiger partial charge >= 0.3 is 17.9 Å². The molecule has 4 unspecified atom stereocenters. The summed E-state index contributed by atoms with van der Waals surface area (Å²) in [5.74, 6) is -2.31. The Bertz CT molecular complexity index is 638. The zero-order valence-electron chi connectivity index (χ0n) is 17.1. The van der Waals surface area contributed by atoms with Gasteiger partial charge in [0.05, 0.1) is 12.7 Å². The smallest absolute Gasteiger partial charge is 0.333 e. The number of carbonyl (C=O) groups excluding carboxylic acids is 3. The highest BCUT2D eigenvalue weighted by Gasteiger charge is 2.32. The maximum Gasteiger partial charge on any atom is 0.333 e. The first-order valence-corrected chi connectivity index (χ1v) is 8.93. The number of aliphatic hydroxyl groups excluding tert-OH is 3. The zero-order chi connectivity index (χ0) is 22.7. The highest BCUT2D eigenvalue weighted by Crippen LogP contribution is 2.18. The average molecular weight is 414 g/mol. The van der Waals surface area contributed by atoms with Crippen molar-refractivity contribution in [3.05, 3.63) is 36.5 Å². The third-order valence-electron chi connectivity index (χ3n) is 3.73. The topological polar surface area (TPSA) is 140 Å². The molecule has 0 radical (unpaired) electrons. The Kier molecular flexibility index (Phi) is 11.8. The highest BCUT2D eigenvalue weighted by molar-refractivity contribution is 5.88. The summed E-state index contributed by atoms with van der Waals surface area (Å²) in [6.07, 6.45) is -5.25. The molecule has 0 aliphatic carbocycles. The van der Waals surface area contributed by atoms with Gasteiger partial charge in [-0.3, -0.25) is 0 Å². The molecule has 0 aliphatic rings. The van der Waals surface area contributed by atoms with Crippen LogP contribution in [0.15, 0.2) is 36.5 Å². The van der Waals surface area contributed by atoms with Crippen molar-refractivity contribution in [1.29, 1.82) is 0 Å². The van der Waals surface area contributed by atoms with E-state index in [2.05, 4.69) is 19.7 Å². The van der Waals surface area contributed by atoms with Gasteiger partial charge in [-0.15, -0.1) is 0 Å². The first kappa shape index (κ1) is 26.5. The van der Waals surface area contributed by atoms with Crippen LogP contribution >= 0.6 is 0 Å². The van der Waals surface area contributed by atoms with E-state index in [-0.39, 0.29) is 29.6 Å². The second-order valence-corrected chi connectivity index (χ2v) is 6.72. The van der Waals surface area contributed by atoms with Crippen molar-refractivity contribution >= 4 is 17.9 Å². The third kappa shape index (κ3) is 10.0. The summed E-state index contributed by atoms with van der Waals surface area (Å²) in [6.45, 7) is 13.5. The Morgan fingerprint density at radius 1 is 0.759 bits per heavy atom. The lowest BCUT2D eigenvalue weighted by atomic mass is 10.0. The molecule has 0 fully saturated rings. The Morgan fingerprint density at radius 2 is 1.21 bits per heavy atom. The van der Waals surface area contributed by atoms with E-state index < -0.39 is 55.5 Å². The number of rotatable bonds is 13. The second kappa shape index (κ2) is 12.9. The van der Waals surface area contributed by atoms with E-state index in [4.69, 9.17) is 19.3 Å². The van der Waals surface area contributed by atoms with Crippen LogP contribution in [0.25, 0.3) is 0 Å². The van der Waals surface area contributed by atoms with Crippen molar-refractivity contribution in [2.75, 3.05) is 13.2 Å². The molecule has 0 aromatic heterocycles. The Balaban J connectivity index is 5.55. The largest absolute Gasteiger partial charge is 0.458 e. The van der Waals surface area contributed by atoms with Crippen LogP contribution < -0.4 is 0 Å². The summed E-state index contributed by atoms with van der Waals surface area (Å²) in [4.78, 5) is 35.7. The van der Waals surface area contributed by atoms with Crippen LogP contribution in [0, 0.1) is 0 Å². The van der Waals surface area contributed by atoms with Crippen LogP contribution in [0.5, 0.6) is 0 Å². The van der Waals surface area contributed by atoms with Crippen LogP contribution in [-0.2, 0) is 28.6 Å². The average Bonchev–Trinajstić information content (AvgIpc) is 2.66. The van der Waals surface area contributed by atoms with E-state index in [1.54, 1.807) is 0 Å². The molecule has 0 rings (SSSR count). The van der Waals surface area contributed by atoms with Gasteiger partial charge in [0.1, 0.15) is 18.8 Å². The molecule has 9 heteroatoms. The van der Waals surface area contributed by atoms with E-state index >= 15 is 0 Å². The minimum Gasteiger partial charge on any atom is -0.458 e. The maximum absolute atomic E-state index is 12.0. The van der Waals surface area contributed by atoms with Crippen molar-refractivity contribution in [1.82, 2.24) is 0 Å². The van der Waals surface area contributed by atoms with Crippen LogP contribution in [-0.4, -0.2) is 70.9 Å². The first-order valence-electron chi connectivity index (χ1n) is 8.93. The second-order valence-electron chi connectivity index (χ2n) is 6.72. The zero-order valence-corrected chi connectivity index (χ0v) is 17.1. The Morgan fingerprint density at radius 3 is 1.62 bits per heavy atom. The normalized spacial score (nSPS) is 14.7. The van der Waals surface area contributed by atoms with Gasteiger partial charge in [-0.25, -0.2) is 14.4 Å². The van der Waals surface area contributed by atoms with Crippen LogP contribution in [0.4, 0.5) is 0 Å². The van der Waals surface area contributed by atoms with Crippen molar-refractivity contribution in [2.45, 2.75) is 58.0 Å². The molecule has 3 N–H and O–H groups in total. The molecule has 0 aromatic rings. The van der Waals surface area contributed by atoms with Gasteiger partial charge < -0.3 is 29.5 Å². The molecule has 0 aromatic carbocycles. The number of aliphatic hydroxyl groups is 3. The van der Waals surface area contributed by atoms with Gasteiger partial charge in [-0.2, -0.15) is 0 Å². The highest BCUT2D eigenvalue weighted by atomic mass is 16.6. The molecular formula is C20H30O9. The summed E-state index contributed by atoms with van der Waals surface area (Å²) in [5.41, 5.74) is 0.267. The van der Waals surface area contributed by atoms with E-state index in [1.165, 1.54) is 20.8 Å². The van der Waals surface area contributed by atoms with E-state index in [0.717, 1.165) is 0 Å². The first-order chi connectivity index (χ1) is 13.4. The maximum atomic E-state index is 12.0. The summed E-state index contributed by atoms with van der Waals surface area (Å²) >= 11 is 0. The summed E-state index contributed by atoms with van der Waals surface area (Å²) in [7, 11) is 0. The fraction of sp³-hybridized carbons (Fsp3) is 0.550. The standard InChI is InChI=1S/C20H30O9/c1-11(2)18(24)27-10-17(29-20(26)13(5)6)16(28-19(25)12(3)4)8-7-14(22)15(23)9-21/h14-17,21-23H,1,3,5,7-10H2,2,4,6H3. The number of hydrogen-bond acceptors (Lipinski definition) is 9. The van der Waals surface area contributed by atoms with Crippen molar-refractivity contribution in [3.8, 4) is 0 Å². The number of ether oxygens (including phenoxy) is 3. The molecule has 0 bridgehead atoms. The lowest BCUT2D eigenvalue weighted by molar-refractivity contribution is -0.171. The molecule has 0 spiro atoms. The molecule has 164 valence electrons. The monoisotopic (exact) mass is 414 g/mol. The van der Waals surface area contributed by atoms with Gasteiger partial charge in [0.25, 0.3) is 0 Å². The van der Waals surface area contributed by atoms with Crippen molar-refractivity contribution < 1.29 is 43.9 Å². The predicted molar refractivity (Wildman–Crippen MR) is 103 cm³/mol. The van der Waals surface area contributed by atoms with Gasteiger partial charge in [0, 0.05) is 16.7 Å². The molecule has 0 heterocycles. The lowest BCUT2D eigenvalue weighted by Crippen LogP contribution is -2.41. The molecule has 4 atom stereocenters. The van der Waals surface area contributed by atoms with E-state index in [0.29, 0.717) is 0 Å². The van der Waals surface area contributed by atoms with Gasteiger partial charge in [-0.1, -0.05) is 19.7 Å². The lowest BCUT2D eigenvalue weighted by Gasteiger charge is -2.28. The number of hydrogen-bond donors (Lipinski definition) is 3. The summed E-state index contributed by atoms with van der Waals surface area (Å²) < 4.78 is 15.6. The minimum atomic E-state index is -1.40. The van der Waals surface area contributed by atoms with Crippen LogP contribution in [0.1, 0.15) is 33.6 Å². The fourth-order valence-corrected chi connectivity index (χ4v) is 1.94. The van der Waals surface area contributed by atoms with Crippen LogP contribution in [0.3, 0.4) is 0 Å². The van der Waals surface area contributed by atoms with Gasteiger partial charge in [0.15, 0.2) is 6.10 Å². The van der Waals surface area contributed by atoms with E-state index in [9.17, 15) is 24.6 Å². The molecule has 0 saturated heterocycles. The molecular weight excluding hydrogens is 384 g/mol. The quantitative estimate of drug-likeness (QED) is 0.224. The fourth-order valence-electron chi connectivity index (χ4n) is 1.94.